The Morgan fingerprint density at radius 1 is 0.900 bits per heavy atom. The molecule has 2 aromatic rings. The standard InChI is InChI=1S/C22H21F2N3O3/c23-16-6-7-18(17(24)14-16)27-21(29)19(15-4-2-1-3-5-15)20(22(27)30)26-10-8-25(9-11-26)12-13-28/h1-7,14,28H,8-13H2. The maximum Gasteiger partial charge on any atom is 0.282 e. The first-order valence-electron chi connectivity index (χ1n) is 9.73. The molecule has 1 saturated heterocycles. The molecule has 6 nitrogen and oxygen atoms in total. The Labute approximate surface area is 172 Å². The van der Waals surface area contributed by atoms with Crippen molar-refractivity contribution in [2.24, 2.45) is 0 Å². The fourth-order valence-corrected chi connectivity index (χ4v) is 3.89. The van der Waals surface area contributed by atoms with Gasteiger partial charge in [-0.15, -0.1) is 0 Å². The number of nitrogens with zero attached hydrogens (tertiary/aromatic N) is 3. The SMILES string of the molecule is O=C1C(c2ccccc2)=C(N2CCN(CCO)CC2)C(=O)N1c1ccc(F)cc1F. The predicted molar refractivity (Wildman–Crippen MR) is 107 cm³/mol. The molecule has 0 radical (unpaired) electrons. The van der Waals surface area contributed by atoms with E-state index in [0.29, 0.717) is 44.4 Å². The first-order valence-corrected chi connectivity index (χ1v) is 9.73. The van der Waals surface area contributed by atoms with E-state index in [-0.39, 0.29) is 23.6 Å². The number of piperazine rings is 1. The number of aliphatic hydroxyl groups excluding tert-OH is 1. The number of carbonyl (C=O) groups is 2. The first kappa shape index (κ1) is 20.2. The van der Waals surface area contributed by atoms with Gasteiger partial charge in [-0.25, -0.2) is 13.7 Å². The normalized spacial score (nSPS) is 18.0. The van der Waals surface area contributed by atoms with Gasteiger partial charge in [0.05, 0.1) is 17.9 Å². The summed E-state index contributed by atoms with van der Waals surface area (Å²) in [5.74, 6) is -3.02. The first-order chi connectivity index (χ1) is 14.5. The van der Waals surface area contributed by atoms with Gasteiger partial charge in [0.1, 0.15) is 17.3 Å². The molecule has 8 heteroatoms. The number of hydrogen-bond donors (Lipinski definition) is 1. The highest BCUT2D eigenvalue weighted by molar-refractivity contribution is 6.45. The Bertz CT molecular complexity index is 1000. The Morgan fingerprint density at radius 2 is 1.60 bits per heavy atom. The summed E-state index contributed by atoms with van der Waals surface area (Å²) in [6.45, 7) is 2.82. The molecule has 0 aromatic heterocycles. The molecule has 156 valence electrons. The van der Waals surface area contributed by atoms with Crippen molar-refractivity contribution in [2.45, 2.75) is 0 Å². The number of rotatable bonds is 5. The quantitative estimate of drug-likeness (QED) is 0.759. The van der Waals surface area contributed by atoms with Gasteiger partial charge >= 0.3 is 0 Å². The second-order valence-electron chi connectivity index (χ2n) is 7.18. The van der Waals surface area contributed by atoms with E-state index < -0.39 is 23.4 Å². The van der Waals surface area contributed by atoms with E-state index in [2.05, 4.69) is 4.90 Å². The smallest absolute Gasteiger partial charge is 0.282 e. The molecule has 0 unspecified atom stereocenters. The largest absolute Gasteiger partial charge is 0.395 e. The van der Waals surface area contributed by atoms with Crippen molar-refractivity contribution in [1.29, 1.82) is 0 Å². The van der Waals surface area contributed by atoms with Crippen LogP contribution in [0.25, 0.3) is 5.57 Å². The Hall–Kier alpha value is -3.10. The van der Waals surface area contributed by atoms with Crippen LogP contribution in [0.3, 0.4) is 0 Å². The van der Waals surface area contributed by atoms with Crippen molar-refractivity contribution in [3.63, 3.8) is 0 Å². The van der Waals surface area contributed by atoms with E-state index in [1.807, 2.05) is 4.90 Å². The van der Waals surface area contributed by atoms with Crippen molar-refractivity contribution < 1.29 is 23.5 Å². The van der Waals surface area contributed by atoms with Gasteiger partial charge in [0.15, 0.2) is 0 Å². The lowest BCUT2D eigenvalue weighted by atomic mass is 10.0. The highest BCUT2D eigenvalue weighted by Crippen LogP contribution is 2.36. The van der Waals surface area contributed by atoms with Gasteiger partial charge in [-0.3, -0.25) is 14.5 Å². The van der Waals surface area contributed by atoms with Gasteiger partial charge < -0.3 is 10.0 Å². The highest BCUT2D eigenvalue weighted by Gasteiger charge is 2.43. The summed E-state index contributed by atoms with van der Waals surface area (Å²) in [6, 6.07) is 11.6. The maximum absolute atomic E-state index is 14.4. The van der Waals surface area contributed by atoms with Crippen LogP contribution in [-0.2, 0) is 9.59 Å². The van der Waals surface area contributed by atoms with Crippen molar-refractivity contribution >= 4 is 23.1 Å². The zero-order valence-electron chi connectivity index (χ0n) is 16.2. The Kier molecular flexibility index (Phi) is 5.61. The third-order valence-corrected chi connectivity index (χ3v) is 5.38. The second kappa shape index (κ2) is 8.33. The topological polar surface area (TPSA) is 64.1 Å². The van der Waals surface area contributed by atoms with E-state index >= 15 is 0 Å². The summed E-state index contributed by atoms with van der Waals surface area (Å²) < 4.78 is 27.8. The molecule has 0 atom stereocenters. The van der Waals surface area contributed by atoms with Gasteiger partial charge in [0, 0.05) is 38.8 Å². The van der Waals surface area contributed by atoms with E-state index in [1.165, 1.54) is 0 Å². The van der Waals surface area contributed by atoms with Gasteiger partial charge in [-0.1, -0.05) is 30.3 Å². The summed E-state index contributed by atoms with van der Waals surface area (Å²) in [5.41, 5.74) is 0.723. The number of anilines is 1. The second-order valence-corrected chi connectivity index (χ2v) is 7.18. The van der Waals surface area contributed by atoms with Crippen LogP contribution in [0.5, 0.6) is 0 Å². The van der Waals surface area contributed by atoms with Crippen LogP contribution in [0.1, 0.15) is 5.56 Å². The average molecular weight is 413 g/mol. The molecule has 0 spiro atoms. The van der Waals surface area contributed by atoms with E-state index in [1.54, 1.807) is 30.3 Å². The summed E-state index contributed by atoms with van der Waals surface area (Å²) in [4.78, 5) is 31.3. The molecule has 2 aliphatic rings. The number of carbonyl (C=O) groups excluding carboxylic acids is 2. The van der Waals surface area contributed by atoms with Crippen molar-refractivity contribution in [3.8, 4) is 0 Å². The van der Waals surface area contributed by atoms with Crippen LogP contribution in [0, 0.1) is 11.6 Å². The molecule has 1 N–H and O–H groups in total. The molecule has 4 rings (SSSR count). The molecule has 0 aliphatic carbocycles. The minimum atomic E-state index is -0.974. The third kappa shape index (κ3) is 3.59. The molecular formula is C22H21F2N3O3. The molecule has 1 fully saturated rings. The van der Waals surface area contributed by atoms with Crippen LogP contribution in [0.4, 0.5) is 14.5 Å². The van der Waals surface area contributed by atoms with Crippen molar-refractivity contribution in [1.82, 2.24) is 9.80 Å². The number of β-amino-alcohol motifs (C(OH)–C–C–N with tert-alkyl or cyclic N) is 1. The Morgan fingerprint density at radius 3 is 2.23 bits per heavy atom. The van der Waals surface area contributed by atoms with Crippen molar-refractivity contribution in [3.05, 3.63) is 71.4 Å². The molecule has 2 aromatic carbocycles. The number of amides is 2. The number of halogens is 2. The minimum Gasteiger partial charge on any atom is -0.395 e. The lowest BCUT2D eigenvalue weighted by Crippen LogP contribution is -2.48. The average Bonchev–Trinajstić information content (AvgIpc) is 3.00. The Balaban J connectivity index is 1.74. The number of benzene rings is 2. The summed E-state index contributed by atoms with van der Waals surface area (Å²) in [7, 11) is 0. The van der Waals surface area contributed by atoms with Gasteiger partial charge in [-0.05, 0) is 17.7 Å². The van der Waals surface area contributed by atoms with Gasteiger partial charge in [0.25, 0.3) is 11.8 Å². The third-order valence-electron chi connectivity index (χ3n) is 5.38. The predicted octanol–water partition coefficient (Wildman–Crippen LogP) is 1.86. The fourth-order valence-electron chi connectivity index (χ4n) is 3.89. The van der Waals surface area contributed by atoms with Gasteiger partial charge in [-0.2, -0.15) is 0 Å². The van der Waals surface area contributed by atoms with E-state index in [0.717, 1.165) is 17.0 Å². The zero-order chi connectivity index (χ0) is 21.3. The molecule has 0 saturated carbocycles. The lowest BCUT2D eigenvalue weighted by Gasteiger charge is -2.36. The fraction of sp³-hybridized carbons (Fsp3) is 0.273. The summed E-state index contributed by atoms with van der Waals surface area (Å²) in [5, 5.41) is 9.14. The molecule has 2 heterocycles. The summed E-state index contributed by atoms with van der Waals surface area (Å²) in [6.07, 6.45) is 0. The number of imide groups is 1. The molecule has 30 heavy (non-hydrogen) atoms. The van der Waals surface area contributed by atoms with Crippen molar-refractivity contribution in [2.75, 3.05) is 44.2 Å². The number of aliphatic hydroxyl groups is 1. The number of hydrogen-bond acceptors (Lipinski definition) is 5. The van der Waals surface area contributed by atoms with E-state index in [4.69, 9.17) is 5.11 Å². The van der Waals surface area contributed by atoms with Crippen LogP contribution in [0.15, 0.2) is 54.2 Å². The van der Waals surface area contributed by atoms with Crippen LogP contribution in [0.2, 0.25) is 0 Å². The lowest BCUT2D eigenvalue weighted by molar-refractivity contribution is -0.120. The zero-order valence-corrected chi connectivity index (χ0v) is 16.2. The van der Waals surface area contributed by atoms with Crippen LogP contribution in [-0.4, -0.2) is 66.1 Å². The highest BCUT2D eigenvalue weighted by atomic mass is 19.1. The molecule has 2 aliphatic heterocycles. The van der Waals surface area contributed by atoms with Gasteiger partial charge in [0.2, 0.25) is 0 Å². The molecule has 0 bridgehead atoms. The minimum absolute atomic E-state index is 0.0486. The molecular weight excluding hydrogens is 392 g/mol. The monoisotopic (exact) mass is 413 g/mol. The summed E-state index contributed by atoms with van der Waals surface area (Å²) >= 11 is 0. The van der Waals surface area contributed by atoms with Crippen LogP contribution < -0.4 is 4.90 Å². The molecule has 2 amide bonds. The maximum atomic E-state index is 14.4. The van der Waals surface area contributed by atoms with Crippen LogP contribution >= 0.6 is 0 Å². The van der Waals surface area contributed by atoms with E-state index in [9.17, 15) is 18.4 Å².